The molecule has 0 saturated carbocycles. The molecule has 5 nitrogen and oxygen atoms in total. The molecule has 1 amide bonds. The van der Waals surface area contributed by atoms with Crippen LogP contribution in [0.25, 0.3) is 0 Å². The summed E-state index contributed by atoms with van der Waals surface area (Å²) in [5, 5.41) is 10.8. The van der Waals surface area contributed by atoms with Crippen molar-refractivity contribution in [3.63, 3.8) is 0 Å². The van der Waals surface area contributed by atoms with Crippen LogP contribution >= 0.6 is 11.6 Å². The number of benzene rings is 1. The topological polar surface area (TPSA) is 63.5 Å². The standard InChI is InChI=1S/C14H17ClN2O3/c1-2-10-6-3-4-9-16(10)14(18)11-7-5-8-12(13(11)15)17(19)20/h5,7-8,10H,2-4,6,9H2,1H3. The molecule has 1 fully saturated rings. The summed E-state index contributed by atoms with van der Waals surface area (Å²) >= 11 is 6.02. The van der Waals surface area contributed by atoms with Gasteiger partial charge < -0.3 is 4.90 Å². The summed E-state index contributed by atoms with van der Waals surface area (Å²) in [5.74, 6) is -0.203. The molecule has 0 N–H and O–H groups in total. The van der Waals surface area contributed by atoms with Crippen molar-refractivity contribution >= 4 is 23.2 Å². The van der Waals surface area contributed by atoms with E-state index >= 15 is 0 Å². The summed E-state index contributed by atoms with van der Waals surface area (Å²) in [6.45, 7) is 2.74. The summed E-state index contributed by atoms with van der Waals surface area (Å²) in [4.78, 5) is 24.7. The SMILES string of the molecule is CCC1CCCCN1C(=O)c1cccc([N+](=O)[O-])c1Cl. The lowest BCUT2D eigenvalue weighted by atomic mass is 9.99. The molecule has 1 heterocycles. The quantitative estimate of drug-likeness (QED) is 0.631. The molecule has 1 unspecified atom stereocenters. The molecule has 1 atom stereocenters. The van der Waals surface area contributed by atoms with Gasteiger partial charge in [0.05, 0.1) is 10.5 Å². The number of amides is 1. The second kappa shape index (κ2) is 6.22. The smallest absolute Gasteiger partial charge is 0.288 e. The van der Waals surface area contributed by atoms with Gasteiger partial charge in [-0.25, -0.2) is 0 Å². The van der Waals surface area contributed by atoms with E-state index in [-0.39, 0.29) is 28.2 Å². The zero-order valence-electron chi connectivity index (χ0n) is 11.3. The van der Waals surface area contributed by atoms with Crippen molar-refractivity contribution in [2.45, 2.75) is 38.6 Å². The highest BCUT2D eigenvalue weighted by molar-refractivity contribution is 6.35. The van der Waals surface area contributed by atoms with Crippen LogP contribution in [-0.4, -0.2) is 28.3 Å². The van der Waals surface area contributed by atoms with Gasteiger partial charge in [0.25, 0.3) is 11.6 Å². The van der Waals surface area contributed by atoms with Gasteiger partial charge >= 0.3 is 0 Å². The first-order chi connectivity index (χ1) is 9.56. The van der Waals surface area contributed by atoms with E-state index < -0.39 is 4.92 Å². The Bertz CT molecular complexity index is 533. The predicted octanol–water partition coefficient (Wildman–Crippen LogP) is 3.65. The Morgan fingerprint density at radius 2 is 2.25 bits per heavy atom. The van der Waals surface area contributed by atoms with Crippen LogP contribution in [0.1, 0.15) is 43.0 Å². The van der Waals surface area contributed by atoms with E-state index in [9.17, 15) is 14.9 Å². The maximum Gasteiger partial charge on any atom is 0.288 e. The second-order valence-corrected chi connectivity index (χ2v) is 5.33. The van der Waals surface area contributed by atoms with Gasteiger partial charge in [-0.15, -0.1) is 0 Å². The van der Waals surface area contributed by atoms with E-state index in [1.807, 2.05) is 6.92 Å². The van der Waals surface area contributed by atoms with Gasteiger partial charge in [-0.1, -0.05) is 24.6 Å². The second-order valence-electron chi connectivity index (χ2n) is 4.95. The summed E-state index contributed by atoms with van der Waals surface area (Å²) in [5.41, 5.74) is 0.00351. The fourth-order valence-electron chi connectivity index (χ4n) is 2.67. The van der Waals surface area contributed by atoms with Crippen molar-refractivity contribution in [1.82, 2.24) is 4.90 Å². The van der Waals surface area contributed by atoms with Crippen molar-refractivity contribution in [3.05, 3.63) is 38.9 Å². The van der Waals surface area contributed by atoms with Gasteiger partial charge in [-0.2, -0.15) is 0 Å². The minimum Gasteiger partial charge on any atom is -0.336 e. The molecule has 20 heavy (non-hydrogen) atoms. The Kier molecular flexibility index (Phi) is 4.60. The van der Waals surface area contributed by atoms with Crippen LogP contribution in [0.3, 0.4) is 0 Å². The van der Waals surface area contributed by atoms with Gasteiger partial charge in [-0.3, -0.25) is 14.9 Å². The number of likely N-dealkylation sites (tertiary alicyclic amines) is 1. The third kappa shape index (κ3) is 2.77. The minimum absolute atomic E-state index is 0.0667. The first-order valence-corrected chi connectivity index (χ1v) is 7.18. The highest BCUT2D eigenvalue weighted by atomic mass is 35.5. The van der Waals surface area contributed by atoms with Crippen molar-refractivity contribution in [2.24, 2.45) is 0 Å². The maximum absolute atomic E-state index is 12.6. The van der Waals surface area contributed by atoms with Gasteiger partial charge in [0.1, 0.15) is 5.02 Å². The van der Waals surface area contributed by atoms with Crippen LogP contribution in [-0.2, 0) is 0 Å². The summed E-state index contributed by atoms with van der Waals surface area (Å²) < 4.78 is 0. The highest BCUT2D eigenvalue weighted by Crippen LogP contribution is 2.30. The third-order valence-corrected chi connectivity index (χ3v) is 4.16. The first-order valence-electron chi connectivity index (χ1n) is 6.80. The number of halogens is 1. The molecular weight excluding hydrogens is 280 g/mol. The van der Waals surface area contributed by atoms with Gasteiger partial charge in [-0.05, 0) is 31.7 Å². The Morgan fingerprint density at radius 1 is 1.50 bits per heavy atom. The fraction of sp³-hybridized carbons (Fsp3) is 0.500. The van der Waals surface area contributed by atoms with E-state index in [1.165, 1.54) is 12.1 Å². The number of nitro groups is 1. The largest absolute Gasteiger partial charge is 0.336 e. The predicted molar refractivity (Wildman–Crippen MR) is 77.1 cm³/mol. The number of hydrogen-bond acceptors (Lipinski definition) is 3. The first kappa shape index (κ1) is 14.8. The number of rotatable bonds is 3. The third-order valence-electron chi connectivity index (χ3n) is 3.76. The molecule has 0 radical (unpaired) electrons. The normalized spacial score (nSPS) is 18.9. The molecule has 0 bridgehead atoms. The number of carbonyl (C=O) groups is 1. The Hall–Kier alpha value is -1.62. The van der Waals surface area contributed by atoms with E-state index in [4.69, 9.17) is 11.6 Å². The molecular formula is C14H17ClN2O3. The fourth-order valence-corrected chi connectivity index (χ4v) is 2.95. The molecule has 1 aromatic carbocycles. The molecule has 0 spiro atoms. The molecule has 0 aliphatic carbocycles. The number of nitrogens with zero attached hydrogens (tertiary/aromatic N) is 2. The zero-order chi connectivity index (χ0) is 14.7. The van der Waals surface area contributed by atoms with Gasteiger partial charge in [0, 0.05) is 18.7 Å². The monoisotopic (exact) mass is 296 g/mol. The molecule has 108 valence electrons. The van der Waals surface area contributed by atoms with Gasteiger partial charge in [0.15, 0.2) is 0 Å². The lowest BCUT2D eigenvalue weighted by Gasteiger charge is -2.35. The van der Waals surface area contributed by atoms with E-state index in [2.05, 4.69) is 0 Å². The Labute approximate surface area is 122 Å². The lowest BCUT2D eigenvalue weighted by molar-refractivity contribution is -0.384. The van der Waals surface area contributed by atoms with Crippen LogP contribution in [0, 0.1) is 10.1 Å². The maximum atomic E-state index is 12.6. The molecule has 6 heteroatoms. The van der Waals surface area contributed by atoms with Crippen LogP contribution in [0.15, 0.2) is 18.2 Å². The molecule has 1 saturated heterocycles. The number of nitro benzene ring substituents is 1. The molecule has 1 aliphatic rings. The van der Waals surface area contributed by atoms with E-state index in [0.717, 1.165) is 25.7 Å². The molecule has 0 aromatic heterocycles. The van der Waals surface area contributed by atoms with Crippen molar-refractivity contribution < 1.29 is 9.72 Å². The lowest BCUT2D eigenvalue weighted by Crippen LogP contribution is -2.43. The summed E-state index contributed by atoms with van der Waals surface area (Å²) in [7, 11) is 0. The van der Waals surface area contributed by atoms with Crippen LogP contribution in [0.2, 0.25) is 5.02 Å². The number of hydrogen-bond donors (Lipinski definition) is 0. The van der Waals surface area contributed by atoms with E-state index in [1.54, 1.807) is 11.0 Å². The molecule has 1 aromatic rings. The summed E-state index contributed by atoms with van der Waals surface area (Å²) in [6.07, 6.45) is 3.95. The Balaban J connectivity index is 2.33. The van der Waals surface area contributed by atoms with E-state index in [0.29, 0.717) is 6.54 Å². The average Bonchev–Trinajstić information content (AvgIpc) is 2.46. The van der Waals surface area contributed by atoms with Gasteiger partial charge in [0.2, 0.25) is 0 Å². The molecule has 2 rings (SSSR count). The Morgan fingerprint density at radius 3 is 2.90 bits per heavy atom. The van der Waals surface area contributed by atoms with Crippen molar-refractivity contribution in [2.75, 3.05) is 6.54 Å². The average molecular weight is 297 g/mol. The van der Waals surface area contributed by atoms with Crippen LogP contribution in [0.4, 0.5) is 5.69 Å². The van der Waals surface area contributed by atoms with Crippen molar-refractivity contribution in [3.8, 4) is 0 Å². The van der Waals surface area contributed by atoms with Crippen LogP contribution in [0.5, 0.6) is 0 Å². The summed E-state index contributed by atoms with van der Waals surface area (Å²) in [6, 6.07) is 4.57. The number of carbonyl (C=O) groups excluding carboxylic acids is 1. The van der Waals surface area contributed by atoms with Crippen LogP contribution < -0.4 is 0 Å². The highest BCUT2D eigenvalue weighted by Gasteiger charge is 2.29. The zero-order valence-corrected chi connectivity index (χ0v) is 12.1. The minimum atomic E-state index is -0.563. The molecule has 1 aliphatic heterocycles. The van der Waals surface area contributed by atoms with Crippen molar-refractivity contribution in [1.29, 1.82) is 0 Å². The number of piperidine rings is 1.